The van der Waals surface area contributed by atoms with Crippen LogP contribution in [-0.2, 0) is 37.6 Å². The standard InChI is InChI=1S/CH2O4.Y/c2-1(3)5-4;/h4H,(H,2,3);/q;+3/p-1. The minimum Gasteiger partial charge on any atom is -0.659 e. The molecule has 30 valence electrons. The third kappa shape index (κ3) is 8.84. The summed E-state index contributed by atoms with van der Waals surface area (Å²) >= 11 is 0. The van der Waals surface area contributed by atoms with Crippen LogP contribution in [0.2, 0.25) is 0 Å². The van der Waals surface area contributed by atoms with Crippen molar-refractivity contribution in [2.75, 3.05) is 0 Å². The van der Waals surface area contributed by atoms with Gasteiger partial charge in [0.05, 0.1) is 0 Å². The summed E-state index contributed by atoms with van der Waals surface area (Å²) in [7, 11) is 0. The molecule has 0 spiro atoms. The van der Waals surface area contributed by atoms with E-state index >= 15 is 0 Å². The zero-order valence-electron chi connectivity index (χ0n) is 2.75. The van der Waals surface area contributed by atoms with Gasteiger partial charge >= 0.3 is 38.9 Å². The minimum atomic E-state index is -1.80. The molecule has 6 heavy (non-hydrogen) atoms. The van der Waals surface area contributed by atoms with E-state index in [0.717, 1.165) is 0 Å². The first-order chi connectivity index (χ1) is 2.27. The van der Waals surface area contributed by atoms with Crippen LogP contribution in [0.1, 0.15) is 0 Å². The smallest absolute Gasteiger partial charge is 0.659 e. The summed E-state index contributed by atoms with van der Waals surface area (Å²) in [4.78, 5) is 11.2. The summed E-state index contributed by atoms with van der Waals surface area (Å²) in [5.41, 5.74) is 0. The fourth-order valence-corrected chi connectivity index (χ4v) is 0. The largest absolute Gasteiger partial charge is 3.00 e. The van der Waals surface area contributed by atoms with E-state index in [1.54, 1.807) is 0 Å². The average Bonchev–Trinajstić information content (AvgIpc) is 1.38. The Morgan fingerprint density at radius 1 is 1.83 bits per heavy atom. The molecule has 0 unspecified atom stereocenters. The Kier molecular flexibility index (Phi) is 8.53. The van der Waals surface area contributed by atoms with Gasteiger partial charge in [0.15, 0.2) is 0 Å². The van der Waals surface area contributed by atoms with Gasteiger partial charge in [0.2, 0.25) is 0 Å². The van der Waals surface area contributed by atoms with E-state index in [0.29, 0.717) is 0 Å². The molecule has 0 radical (unpaired) electrons. The minimum absolute atomic E-state index is 0. The summed E-state index contributed by atoms with van der Waals surface area (Å²) in [6, 6.07) is 0. The van der Waals surface area contributed by atoms with E-state index in [1.807, 2.05) is 0 Å². The van der Waals surface area contributed by atoms with Crippen LogP contribution in [0.15, 0.2) is 0 Å². The fraction of sp³-hybridized carbons (Fsp3) is 0. The van der Waals surface area contributed by atoms with Crippen LogP contribution in [0.5, 0.6) is 0 Å². The zero-order valence-corrected chi connectivity index (χ0v) is 5.59. The van der Waals surface area contributed by atoms with Gasteiger partial charge in [0.25, 0.3) is 0 Å². The molecule has 0 rings (SSSR count). The van der Waals surface area contributed by atoms with Gasteiger partial charge in [-0.1, -0.05) is 0 Å². The summed E-state index contributed by atoms with van der Waals surface area (Å²) in [6.45, 7) is 0. The van der Waals surface area contributed by atoms with Crippen molar-refractivity contribution in [1.29, 1.82) is 0 Å². The predicted molar refractivity (Wildman–Crippen MR) is 9.11 cm³/mol. The summed E-state index contributed by atoms with van der Waals surface area (Å²) < 4.78 is 0. The summed E-state index contributed by atoms with van der Waals surface area (Å²) in [5.74, 6) is 0. The van der Waals surface area contributed by atoms with Crippen molar-refractivity contribution in [2.45, 2.75) is 0 Å². The molecule has 1 N–H and O–H groups in total. The predicted octanol–water partition coefficient (Wildman–Crippen LogP) is -1.05. The van der Waals surface area contributed by atoms with Crippen LogP contribution in [0.4, 0.5) is 4.79 Å². The maximum absolute atomic E-state index is 8.83. The average molecular weight is 166 g/mol. The molecule has 0 bridgehead atoms. The van der Waals surface area contributed by atoms with Gasteiger partial charge in [0, 0.05) is 0 Å². The van der Waals surface area contributed by atoms with Gasteiger partial charge < -0.3 is 15.3 Å². The van der Waals surface area contributed by atoms with Crippen molar-refractivity contribution in [3.8, 4) is 0 Å². The Morgan fingerprint density at radius 2 is 2.00 bits per heavy atom. The van der Waals surface area contributed by atoms with Crippen molar-refractivity contribution in [3.05, 3.63) is 0 Å². The van der Waals surface area contributed by atoms with Gasteiger partial charge in [-0.3, -0.25) is 0 Å². The van der Waals surface area contributed by atoms with Crippen molar-refractivity contribution in [2.24, 2.45) is 0 Å². The number of carbonyl (C=O) groups is 1. The van der Waals surface area contributed by atoms with Crippen molar-refractivity contribution in [1.82, 2.24) is 0 Å². The maximum atomic E-state index is 8.83. The Hall–Kier alpha value is 0.334. The number of carboxylic acid groups (broad SMARTS) is 1. The first-order valence-corrected chi connectivity index (χ1v) is 0.799. The molecule has 0 aliphatic rings. The molecule has 0 fully saturated rings. The number of rotatable bonds is 0. The second kappa shape index (κ2) is 5.33. The van der Waals surface area contributed by atoms with E-state index in [9.17, 15) is 0 Å². The molecule has 5 heteroatoms. The summed E-state index contributed by atoms with van der Waals surface area (Å²) in [5, 5.41) is 15.7. The quantitative estimate of drug-likeness (QED) is 0.368. The zero-order chi connectivity index (χ0) is 4.28. The number of hydrogen-bond acceptors (Lipinski definition) is 3. The Bertz CT molecular complexity index is 42.8. The SMILES string of the molecule is O=C(O)O[O-].[Y+3]. The molecule has 0 aliphatic heterocycles. The van der Waals surface area contributed by atoms with Crippen molar-refractivity contribution < 1.29 is 52.8 Å². The molecule has 0 amide bonds. The van der Waals surface area contributed by atoms with Gasteiger partial charge in [-0.25, -0.2) is 4.79 Å². The van der Waals surface area contributed by atoms with E-state index in [-0.39, 0.29) is 32.7 Å². The van der Waals surface area contributed by atoms with E-state index in [4.69, 9.17) is 15.2 Å². The van der Waals surface area contributed by atoms with Crippen LogP contribution in [0, 0.1) is 0 Å². The number of hydrogen-bond donors (Lipinski definition) is 1. The van der Waals surface area contributed by atoms with Crippen LogP contribution >= 0.6 is 0 Å². The molecule has 4 nitrogen and oxygen atoms in total. The molecule has 0 aromatic rings. The first kappa shape index (κ1) is 9.59. The second-order valence-corrected chi connectivity index (χ2v) is 0.349. The summed E-state index contributed by atoms with van der Waals surface area (Å²) in [6.07, 6.45) is -1.80. The van der Waals surface area contributed by atoms with Crippen LogP contribution in [0.25, 0.3) is 0 Å². The Labute approximate surface area is 58.9 Å². The topological polar surface area (TPSA) is 69.6 Å². The van der Waals surface area contributed by atoms with Crippen LogP contribution < -0.4 is 5.26 Å². The van der Waals surface area contributed by atoms with Gasteiger partial charge in [-0.15, -0.1) is 0 Å². The van der Waals surface area contributed by atoms with E-state index in [1.165, 1.54) is 0 Å². The third-order valence-corrected chi connectivity index (χ3v) is 0.0713. The molecular formula is CHO4Y+2. The second-order valence-electron chi connectivity index (χ2n) is 0.349. The maximum Gasteiger partial charge on any atom is 3.00 e. The molecule has 0 aliphatic carbocycles. The fourth-order valence-electron chi connectivity index (χ4n) is 0. The molecule has 0 heterocycles. The molecule has 0 saturated carbocycles. The van der Waals surface area contributed by atoms with Gasteiger partial charge in [-0.2, -0.15) is 0 Å². The molecule has 0 aromatic carbocycles. The molecular weight excluding hydrogens is 165 g/mol. The molecule has 0 aromatic heterocycles. The normalized spacial score (nSPS) is 5.50. The van der Waals surface area contributed by atoms with E-state index < -0.39 is 6.16 Å². The van der Waals surface area contributed by atoms with E-state index in [2.05, 4.69) is 4.89 Å². The molecule has 0 saturated heterocycles. The van der Waals surface area contributed by atoms with Crippen molar-refractivity contribution in [3.63, 3.8) is 0 Å². The van der Waals surface area contributed by atoms with Gasteiger partial charge in [-0.05, 0) is 0 Å². The Balaban J connectivity index is 0. The Morgan fingerprint density at radius 3 is 2.00 bits per heavy atom. The molecule has 0 atom stereocenters. The third-order valence-electron chi connectivity index (χ3n) is 0.0713. The van der Waals surface area contributed by atoms with Crippen LogP contribution in [0.3, 0.4) is 0 Å². The monoisotopic (exact) mass is 166 g/mol. The first-order valence-electron chi connectivity index (χ1n) is 0.799. The van der Waals surface area contributed by atoms with Gasteiger partial charge in [0.1, 0.15) is 0 Å². The van der Waals surface area contributed by atoms with Crippen LogP contribution in [-0.4, -0.2) is 11.3 Å². The van der Waals surface area contributed by atoms with Crippen molar-refractivity contribution >= 4 is 6.16 Å².